The maximum atomic E-state index is 13.8. The SMILES string of the molecule is Nc1ccccc1S(=O)(=O)Cc1c(F)ccc(Br)c1F. The van der Waals surface area contributed by atoms with Crippen molar-refractivity contribution in [3.05, 3.63) is 58.1 Å². The lowest BCUT2D eigenvalue weighted by molar-refractivity contribution is 0.552. The molecule has 0 unspecified atom stereocenters. The van der Waals surface area contributed by atoms with Crippen molar-refractivity contribution in [2.75, 3.05) is 5.73 Å². The molecule has 0 saturated heterocycles. The van der Waals surface area contributed by atoms with Crippen molar-refractivity contribution >= 4 is 31.5 Å². The summed E-state index contributed by atoms with van der Waals surface area (Å²) in [7, 11) is -3.93. The number of para-hydroxylation sites is 1. The fourth-order valence-electron chi connectivity index (χ4n) is 1.73. The molecule has 0 fully saturated rings. The van der Waals surface area contributed by atoms with Crippen LogP contribution in [0.5, 0.6) is 0 Å². The van der Waals surface area contributed by atoms with Crippen molar-refractivity contribution in [3.63, 3.8) is 0 Å². The number of nitrogens with two attached hydrogens (primary N) is 1. The third-order valence-corrected chi connectivity index (χ3v) is 5.05. The quantitative estimate of drug-likeness (QED) is 0.673. The Morgan fingerprint density at radius 2 is 1.75 bits per heavy atom. The highest BCUT2D eigenvalue weighted by Crippen LogP contribution is 2.27. The van der Waals surface area contributed by atoms with Gasteiger partial charge in [0, 0.05) is 5.56 Å². The number of sulfone groups is 1. The summed E-state index contributed by atoms with van der Waals surface area (Å²) in [5.41, 5.74) is 5.12. The van der Waals surface area contributed by atoms with Gasteiger partial charge < -0.3 is 5.73 Å². The molecule has 0 bridgehead atoms. The Morgan fingerprint density at radius 1 is 1.10 bits per heavy atom. The average molecular weight is 362 g/mol. The first-order valence-electron chi connectivity index (χ1n) is 5.52. The molecule has 0 spiro atoms. The molecule has 2 rings (SSSR count). The van der Waals surface area contributed by atoms with E-state index in [0.29, 0.717) is 0 Å². The smallest absolute Gasteiger partial charge is 0.184 e. The molecule has 3 nitrogen and oxygen atoms in total. The van der Waals surface area contributed by atoms with E-state index in [1.807, 2.05) is 0 Å². The maximum Gasteiger partial charge on any atom is 0.184 e. The third-order valence-electron chi connectivity index (χ3n) is 2.73. The average Bonchev–Trinajstić information content (AvgIpc) is 2.39. The number of nitrogen functional groups attached to an aromatic ring is 1. The molecular formula is C13H10BrF2NO2S. The van der Waals surface area contributed by atoms with Crippen LogP contribution in [0.15, 0.2) is 45.8 Å². The molecule has 0 heterocycles. The second-order valence-corrected chi connectivity index (χ2v) is 6.93. The first-order valence-corrected chi connectivity index (χ1v) is 7.97. The Balaban J connectivity index is 2.50. The number of hydrogen-bond acceptors (Lipinski definition) is 3. The van der Waals surface area contributed by atoms with Gasteiger partial charge >= 0.3 is 0 Å². The van der Waals surface area contributed by atoms with E-state index in [9.17, 15) is 17.2 Å². The Bertz CT molecular complexity index is 763. The summed E-state index contributed by atoms with van der Waals surface area (Å²) in [5.74, 6) is -2.63. The molecule has 0 aliphatic carbocycles. The van der Waals surface area contributed by atoms with Gasteiger partial charge in [-0.05, 0) is 40.2 Å². The highest BCUT2D eigenvalue weighted by atomic mass is 79.9. The molecule has 2 aromatic carbocycles. The molecule has 0 aliphatic heterocycles. The summed E-state index contributed by atoms with van der Waals surface area (Å²) >= 11 is 2.90. The Morgan fingerprint density at radius 3 is 2.40 bits per heavy atom. The van der Waals surface area contributed by atoms with Crippen LogP contribution in [0.2, 0.25) is 0 Å². The zero-order valence-corrected chi connectivity index (χ0v) is 12.5. The van der Waals surface area contributed by atoms with Gasteiger partial charge in [-0.3, -0.25) is 0 Å². The molecule has 106 valence electrons. The number of rotatable bonds is 3. The third kappa shape index (κ3) is 2.83. The number of anilines is 1. The molecule has 0 saturated carbocycles. The maximum absolute atomic E-state index is 13.8. The molecule has 20 heavy (non-hydrogen) atoms. The second kappa shape index (κ2) is 5.49. The minimum Gasteiger partial charge on any atom is -0.398 e. The van der Waals surface area contributed by atoms with Gasteiger partial charge in [-0.15, -0.1) is 0 Å². The van der Waals surface area contributed by atoms with Crippen molar-refractivity contribution in [3.8, 4) is 0 Å². The van der Waals surface area contributed by atoms with Crippen molar-refractivity contribution in [2.24, 2.45) is 0 Å². The number of halogens is 3. The summed E-state index contributed by atoms with van der Waals surface area (Å²) < 4.78 is 51.9. The fourth-order valence-corrected chi connectivity index (χ4v) is 3.62. The van der Waals surface area contributed by atoms with Gasteiger partial charge in [-0.25, -0.2) is 17.2 Å². The standard InChI is InChI=1S/C13H10BrF2NO2S/c14-9-5-6-10(15)8(13(9)16)7-20(18,19)12-4-2-1-3-11(12)17/h1-6H,7,17H2. The number of hydrogen-bond donors (Lipinski definition) is 1. The molecule has 2 aromatic rings. The summed E-state index contributed by atoms with van der Waals surface area (Å²) in [6.45, 7) is 0. The molecule has 2 N–H and O–H groups in total. The van der Waals surface area contributed by atoms with E-state index in [1.165, 1.54) is 24.3 Å². The monoisotopic (exact) mass is 361 g/mol. The van der Waals surface area contributed by atoms with E-state index in [1.54, 1.807) is 6.07 Å². The van der Waals surface area contributed by atoms with Gasteiger partial charge in [0.05, 0.1) is 20.8 Å². The zero-order chi connectivity index (χ0) is 14.9. The van der Waals surface area contributed by atoms with E-state index >= 15 is 0 Å². The minimum atomic E-state index is -3.93. The van der Waals surface area contributed by atoms with Crippen molar-refractivity contribution in [2.45, 2.75) is 10.6 Å². The molecule has 0 amide bonds. The Kier molecular flexibility index (Phi) is 4.10. The van der Waals surface area contributed by atoms with Gasteiger partial charge in [0.15, 0.2) is 9.84 Å². The van der Waals surface area contributed by atoms with Crippen LogP contribution in [0.1, 0.15) is 5.56 Å². The van der Waals surface area contributed by atoms with E-state index in [2.05, 4.69) is 15.9 Å². The lowest BCUT2D eigenvalue weighted by atomic mass is 10.2. The topological polar surface area (TPSA) is 60.2 Å². The van der Waals surface area contributed by atoms with Gasteiger partial charge in [0.25, 0.3) is 0 Å². The van der Waals surface area contributed by atoms with Gasteiger partial charge in [0.2, 0.25) is 0 Å². The summed E-state index contributed by atoms with van der Waals surface area (Å²) in [5, 5.41) is 0. The van der Waals surface area contributed by atoms with E-state index in [-0.39, 0.29) is 15.1 Å². The van der Waals surface area contributed by atoms with E-state index in [4.69, 9.17) is 5.73 Å². The van der Waals surface area contributed by atoms with Crippen LogP contribution in [-0.2, 0) is 15.6 Å². The van der Waals surface area contributed by atoms with Crippen molar-refractivity contribution in [1.82, 2.24) is 0 Å². The Labute approximate surface area is 123 Å². The van der Waals surface area contributed by atoms with Gasteiger partial charge in [-0.1, -0.05) is 12.1 Å². The van der Waals surface area contributed by atoms with Gasteiger partial charge in [-0.2, -0.15) is 0 Å². The summed E-state index contributed by atoms with van der Waals surface area (Å²) in [6.07, 6.45) is 0. The zero-order valence-electron chi connectivity index (χ0n) is 10.1. The first-order chi connectivity index (χ1) is 9.33. The lowest BCUT2D eigenvalue weighted by Gasteiger charge is -2.09. The van der Waals surface area contributed by atoms with Crippen LogP contribution in [-0.4, -0.2) is 8.42 Å². The number of benzene rings is 2. The summed E-state index contributed by atoms with van der Waals surface area (Å²) in [4.78, 5) is -0.140. The van der Waals surface area contributed by atoms with Crippen LogP contribution in [0, 0.1) is 11.6 Å². The largest absolute Gasteiger partial charge is 0.398 e. The van der Waals surface area contributed by atoms with Crippen LogP contribution < -0.4 is 5.73 Å². The second-order valence-electron chi connectivity index (χ2n) is 4.12. The molecule has 7 heteroatoms. The molecule has 0 atom stereocenters. The van der Waals surface area contributed by atoms with Crippen molar-refractivity contribution in [1.29, 1.82) is 0 Å². The lowest BCUT2D eigenvalue weighted by Crippen LogP contribution is -2.10. The molecular weight excluding hydrogens is 352 g/mol. The highest BCUT2D eigenvalue weighted by molar-refractivity contribution is 9.10. The van der Waals surface area contributed by atoms with Crippen LogP contribution in [0.3, 0.4) is 0 Å². The summed E-state index contributed by atoms with van der Waals surface area (Å²) in [6, 6.07) is 7.98. The molecule has 0 radical (unpaired) electrons. The molecule has 0 aliphatic rings. The van der Waals surface area contributed by atoms with Gasteiger partial charge in [0.1, 0.15) is 11.6 Å². The van der Waals surface area contributed by atoms with Crippen molar-refractivity contribution < 1.29 is 17.2 Å². The van der Waals surface area contributed by atoms with E-state index < -0.39 is 32.8 Å². The van der Waals surface area contributed by atoms with Crippen LogP contribution >= 0.6 is 15.9 Å². The normalized spacial score (nSPS) is 11.6. The van der Waals surface area contributed by atoms with Crippen LogP contribution in [0.25, 0.3) is 0 Å². The minimum absolute atomic E-state index is 0.00475. The van der Waals surface area contributed by atoms with Crippen LogP contribution in [0.4, 0.5) is 14.5 Å². The van der Waals surface area contributed by atoms with E-state index in [0.717, 1.165) is 6.07 Å². The Hall–Kier alpha value is -1.47. The molecule has 0 aromatic heterocycles. The predicted molar refractivity (Wildman–Crippen MR) is 75.8 cm³/mol. The first kappa shape index (κ1) is 14.9. The highest BCUT2D eigenvalue weighted by Gasteiger charge is 2.23. The predicted octanol–water partition coefficient (Wildman–Crippen LogP) is 3.28. The fraction of sp³-hybridized carbons (Fsp3) is 0.0769.